The lowest BCUT2D eigenvalue weighted by atomic mass is 10.1. The van der Waals surface area contributed by atoms with Crippen LogP contribution in [0.1, 0.15) is 11.5 Å². The van der Waals surface area contributed by atoms with E-state index >= 15 is 0 Å². The number of rotatable bonds is 3. The van der Waals surface area contributed by atoms with Crippen LogP contribution in [0.4, 0.5) is 0 Å². The first kappa shape index (κ1) is 12.5. The standard InChI is InChI=1S/C12H9BrN2O3/c1-7-8(3-2-4-9(7)13)12-15-14-10(18-12)5-6-11(16)17/h2-6H,1H3,(H,16,17)/b6-5+. The van der Waals surface area contributed by atoms with Crippen LogP contribution in [0.3, 0.4) is 0 Å². The van der Waals surface area contributed by atoms with Crippen molar-refractivity contribution in [1.29, 1.82) is 0 Å². The summed E-state index contributed by atoms with van der Waals surface area (Å²) in [6.45, 7) is 1.93. The number of benzene rings is 1. The average molecular weight is 309 g/mol. The number of nitrogens with zero attached hydrogens (tertiary/aromatic N) is 2. The number of hydrogen-bond acceptors (Lipinski definition) is 4. The van der Waals surface area contributed by atoms with Gasteiger partial charge in [-0.25, -0.2) is 4.79 Å². The molecular weight excluding hydrogens is 300 g/mol. The maximum Gasteiger partial charge on any atom is 0.328 e. The van der Waals surface area contributed by atoms with E-state index in [0.717, 1.165) is 21.7 Å². The number of halogens is 1. The summed E-state index contributed by atoms with van der Waals surface area (Å²) in [6, 6.07) is 5.64. The summed E-state index contributed by atoms with van der Waals surface area (Å²) < 4.78 is 6.31. The lowest BCUT2D eigenvalue weighted by molar-refractivity contribution is -0.131. The number of carboxylic acid groups (broad SMARTS) is 1. The molecule has 0 amide bonds. The third-order valence-electron chi connectivity index (χ3n) is 2.31. The van der Waals surface area contributed by atoms with Crippen LogP contribution in [0, 0.1) is 6.92 Å². The SMILES string of the molecule is Cc1c(Br)cccc1-c1nnc(/C=C/C(=O)O)o1. The lowest BCUT2D eigenvalue weighted by Gasteiger charge is -2.02. The largest absolute Gasteiger partial charge is 0.478 e. The zero-order chi connectivity index (χ0) is 13.1. The molecule has 2 aromatic rings. The molecule has 0 fully saturated rings. The minimum absolute atomic E-state index is 0.159. The number of aromatic nitrogens is 2. The summed E-state index contributed by atoms with van der Waals surface area (Å²) in [5.41, 5.74) is 1.79. The Balaban J connectivity index is 2.35. The van der Waals surface area contributed by atoms with Crippen molar-refractivity contribution in [1.82, 2.24) is 10.2 Å². The van der Waals surface area contributed by atoms with Crippen LogP contribution in [0.2, 0.25) is 0 Å². The summed E-state index contributed by atoms with van der Waals surface area (Å²) in [5, 5.41) is 16.1. The smallest absolute Gasteiger partial charge is 0.328 e. The van der Waals surface area contributed by atoms with Gasteiger partial charge in [0.1, 0.15) is 0 Å². The highest BCUT2D eigenvalue weighted by atomic mass is 79.9. The molecule has 0 bridgehead atoms. The molecule has 0 saturated heterocycles. The summed E-state index contributed by atoms with van der Waals surface area (Å²) in [4.78, 5) is 10.4. The first-order valence-corrected chi connectivity index (χ1v) is 5.87. The molecule has 1 N–H and O–H groups in total. The van der Waals surface area contributed by atoms with Crippen molar-refractivity contribution in [3.63, 3.8) is 0 Å². The normalized spacial score (nSPS) is 11.0. The van der Waals surface area contributed by atoms with Gasteiger partial charge in [0.25, 0.3) is 0 Å². The number of carboxylic acids is 1. The fraction of sp³-hybridized carbons (Fsp3) is 0.0833. The van der Waals surface area contributed by atoms with E-state index in [-0.39, 0.29) is 5.89 Å². The van der Waals surface area contributed by atoms with Crippen molar-refractivity contribution in [2.24, 2.45) is 0 Å². The number of carbonyl (C=O) groups is 1. The van der Waals surface area contributed by atoms with Crippen molar-refractivity contribution >= 4 is 28.0 Å². The maximum absolute atomic E-state index is 10.4. The molecular formula is C12H9BrN2O3. The van der Waals surface area contributed by atoms with Gasteiger partial charge in [0.15, 0.2) is 0 Å². The van der Waals surface area contributed by atoms with E-state index in [2.05, 4.69) is 26.1 Å². The molecule has 0 aliphatic carbocycles. The van der Waals surface area contributed by atoms with Gasteiger partial charge < -0.3 is 9.52 Å². The second-order valence-corrected chi connectivity index (χ2v) is 4.38. The molecule has 0 atom stereocenters. The van der Waals surface area contributed by atoms with Crippen LogP contribution >= 0.6 is 15.9 Å². The predicted molar refractivity (Wildman–Crippen MR) is 68.8 cm³/mol. The molecule has 1 aromatic carbocycles. The molecule has 92 valence electrons. The Morgan fingerprint density at radius 3 is 2.94 bits per heavy atom. The second kappa shape index (κ2) is 5.14. The van der Waals surface area contributed by atoms with Gasteiger partial charge in [-0.3, -0.25) is 0 Å². The highest BCUT2D eigenvalue weighted by molar-refractivity contribution is 9.10. The highest BCUT2D eigenvalue weighted by Gasteiger charge is 2.11. The molecule has 0 aliphatic heterocycles. The quantitative estimate of drug-likeness (QED) is 0.882. The highest BCUT2D eigenvalue weighted by Crippen LogP contribution is 2.27. The van der Waals surface area contributed by atoms with Crippen LogP contribution in [0.5, 0.6) is 0 Å². The Hall–Kier alpha value is -1.95. The van der Waals surface area contributed by atoms with E-state index in [1.165, 1.54) is 6.08 Å². The zero-order valence-electron chi connectivity index (χ0n) is 9.42. The minimum atomic E-state index is -1.06. The van der Waals surface area contributed by atoms with Crippen molar-refractivity contribution in [2.45, 2.75) is 6.92 Å². The Kier molecular flexibility index (Phi) is 3.57. The van der Waals surface area contributed by atoms with Crippen LogP contribution in [-0.2, 0) is 4.79 Å². The molecule has 1 aromatic heterocycles. The molecule has 6 heteroatoms. The molecule has 0 radical (unpaired) electrons. The third kappa shape index (κ3) is 2.65. The third-order valence-corrected chi connectivity index (χ3v) is 3.17. The lowest BCUT2D eigenvalue weighted by Crippen LogP contribution is -1.85. The van der Waals surface area contributed by atoms with Gasteiger partial charge >= 0.3 is 5.97 Å². The van der Waals surface area contributed by atoms with Gasteiger partial charge in [-0.05, 0) is 24.6 Å². The fourth-order valence-corrected chi connectivity index (χ4v) is 1.76. The average Bonchev–Trinajstić information content (AvgIpc) is 2.78. The minimum Gasteiger partial charge on any atom is -0.478 e. The Morgan fingerprint density at radius 2 is 2.22 bits per heavy atom. The van der Waals surface area contributed by atoms with E-state index in [0.29, 0.717) is 5.89 Å². The van der Waals surface area contributed by atoms with E-state index in [4.69, 9.17) is 9.52 Å². The summed E-state index contributed by atoms with van der Waals surface area (Å²) in [6.07, 6.45) is 2.21. The summed E-state index contributed by atoms with van der Waals surface area (Å²) >= 11 is 3.42. The van der Waals surface area contributed by atoms with Crippen LogP contribution < -0.4 is 0 Å². The van der Waals surface area contributed by atoms with Crippen molar-refractivity contribution in [2.75, 3.05) is 0 Å². The molecule has 0 spiro atoms. The second-order valence-electron chi connectivity index (χ2n) is 3.53. The van der Waals surface area contributed by atoms with E-state index in [1.807, 2.05) is 25.1 Å². The monoisotopic (exact) mass is 308 g/mol. The zero-order valence-corrected chi connectivity index (χ0v) is 11.0. The van der Waals surface area contributed by atoms with Gasteiger partial charge in [0, 0.05) is 22.2 Å². The topological polar surface area (TPSA) is 76.2 Å². The maximum atomic E-state index is 10.4. The van der Waals surface area contributed by atoms with Crippen LogP contribution in [0.15, 0.2) is 33.2 Å². The van der Waals surface area contributed by atoms with Gasteiger partial charge in [-0.15, -0.1) is 10.2 Å². The predicted octanol–water partition coefficient (Wildman–Crippen LogP) is 2.91. The molecule has 2 rings (SSSR count). The first-order chi connectivity index (χ1) is 8.58. The fourth-order valence-electron chi connectivity index (χ4n) is 1.39. The first-order valence-electron chi connectivity index (χ1n) is 5.08. The molecule has 0 saturated carbocycles. The molecule has 0 unspecified atom stereocenters. The van der Waals surface area contributed by atoms with E-state index in [9.17, 15) is 4.79 Å². The van der Waals surface area contributed by atoms with Crippen LogP contribution in [-0.4, -0.2) is 21.3 Å². The Bertz CT molecular complexity index is 620. The Labute approximate surface area is 111 Å². The van der Waals surface area contributed by atoms with Crippen LogP contribution in [0.25, 0.3) is 17.5 Å². The van der Waals surface area contributed by atoms with Crippen molar-refractivity contribution in [3.8, 4) is 11.5 Å². The summed E-state index contributed by atoms with van der Waals surface area (Å²) in [5.74, 6) is -0.543. The van der Waals surface area contributed by atoms with Gasteiger partial charge in [0.2, 0.25) is 11.8 Å². The van der Waals surface area contributed by atoms with E-state index < -0.39 is 5.97 Å². The molecule has 1 heterocycles. The van der Waals surface area contributed by atoms with Gasteiger partial charge in [-0.1, -0.05) is 22.0 Å². The van der Waals surface area contributed by atoms with Crippen molar-refractivity contribution < 1.29 is 14.3 Å². The molecule has 18 heavy (non-hydrogen) atoms. The Morgan fingerprint density at radius 1 is 1.44 bits per heavy atom. The van der Waals surface area contributed by atoms with Gasteiger partial charge in [0.05, 0.1) is 0 Å². The molecule has 5 nitrogen and oxygen atoms in total. The van der Waals surface area contributed by atoms with Crippen molar-refractivity contribution in [3.05, 3.63) is 40.2 Å². The number of aliphatic carboxylic acids is 1. The van der Waals surface area contributed by atoms with Gasteiger partial charge in [-0.2, -0.15) is 0 Å². The van der Waals surface area contributed by atoms with E-state index in [1.54, 1.807) is 0 Å². The number of hydrogen-bond donors (Lipinski definition) is 1. The molecule has 0 aliphatic rings. The summed E-state index contributed by atoms with van der Waals surface area (Å²) in [7, 11) is 0.